The zero-order chi connectivity index (χ0) is 12.4. The van der Waals surface area contributed by atoms with Gasteiger partial charge in [0.25, 0.3) is 0 Å². The molecule has 0 aliphatic carbocycles. The first kappa shape index (κ1) is 13.8. The number of para-hydroxylation sites is 1. The van der Waals surface area contributed by atoms with Gasteiger partial charge in [-0.05, 0) is 24.5 Å². The maximum Gasteiger partial charge on any atom is 0.130 e. The lowest BCUT2D eigenvalue weighted by Crippen LogP contribution is -2.30. The van der Waals surface area contributed by atoms with Gasteiger partial charge >= 0.3 is 0 Å². The molecule has 2 aromatic rings. The molecular formula is C15H17ClN2O. The van der Waals surface area contributed by atoms with Gasteiger partial charge in [0.1, 0.15) is 11.9 Å². The van der Waals surface area contributed by atoms with Crippen molar-refractivity contribution >= 4 is 12.4 Å². The van der Waals surface area contributed by atoms with Crippen molar-refractivity contribution in [1.82, 2.24) is 4.98 Å². The van der Waals surface area contributed by atoms with E-state index in [1.54, 1.807) is 6.20 Å². The molecule has 0 fully saturated rings. The molecule has 0 unspecified atom stereocenters. The van der Waals surface area contributed by atoms with Gasteiger partial charge in [-0.25, -0.2) is 0 Å². The molecule has 1 aliphatic rings. The Kier molecular flexibility index (Phi) is 4.40. The van der Waals surface area contributed by atoms with E-state index in [2.05, 4.69) is 29.2 Å². The Labute approximate surface area is 119 Å². The third-order valence-corrected chi connectivity index (χ3v) is 3.35. The van der Waals surface area contributed by atoms with Gasteiger partial charge in [-0.2, -0.15) is 0 Å². The highest BCUT2D eigenvalue weighted by molar-refractivity contribution is 5.85. The van der Waals surface area contributed by atoms with Crippen molar-refractivity contribution in [2.45, 2.75) is 18.9 Å². The molecule has 0 saturated heterocycles. The SMILES string of the molecule is Cl.NC[C@@H]1CCc2cccc(-c3cccnc3)c2O1. The van der Waals surface area contributed by atoms with Crippen LogP contribution < -0.4 is 10.5 Å². The van der Waals surface area contributed by atoms with Crippen LogP contribution in [-0.4, -0.2) is 17.6 Å². The van der Waals surface area contributed by atoms with E-state index in [0.717, 1.165) is 29.7 Å². The Hall–Kier alpha value is -1.58. The summed E-state index contributed by atoms with van der Waals surface area (Å²) in [5.41, 5.74) is 9.18. The van der Waals surface area contributed by atoms with E-state index in [-0.39, 0.29) is 18.5 Å². The van der Waals surface area contributed by atoms with Crippen LogP contribution in [0.25, 0.3) is 11.1 Å². The highest BCUT2D eigenvalue weighted by Crippen LogP contribution is 2.37. The maximum absolute atomic E-state index is 6.01. The number of ether oxygens (including phenoxy) is 1. The van der Waals surface area contributed by atoms with Crippen molar-refractivity contribution in [3.05, 3.63) is 48.3 Å². The minimum absolute atomic E-state index is 0. The number of pyridine rings is 1. The van der Waals surface area contributed by atoms with E-state index in [9.17, 15) is 0 Å². The molecule has 0 radical (unpaired) electrons. The molecule has 3 rings (SSSR count). The Morgan fingerprint density at radius 1 is 1.26 bits per heavy atom. The lowest BCUT2D eigenvalue weighted by molar-refractivity contribution is 0.182. The number of nitrogens with zero attached hydrogens (tertiary/aromatic N) is 1. The molecule has 19 heavy (non-hydrogen) atoms. The van der Waals surface area contributed by atoms with Crippen LogP contribution in [0.15, 0.2) is 42.7 Å². The summed E-state index contributed by atoms with van der Waals surface area (Å²) in [5, 5.41) is 0. The first-order chi connectivity index (χ1) is 8.88. The summed E-state index contributed by atoms with van der Waals surface area (Å²) in [6.07, 6.45) is 5.81. The lowest BCUT2D eigenvalue weighted by atomic mass is 9.96. The predicted molar refractivity (Wildman–Crippen MR) is 78.7 cm³/mol. The van der Waals surface area contributed by atoms with Crippen molar-refractivity contribution in [1.29, 1.82) is 0 Å². The highest BCUT2D eigenvalue weighted by atomic mass is 35.5. The van der Waals surface area contributed by atoms with Gasteiger partial charge in [-0.1, -0.05) is 24.3 Å². The van der Waals surface area contributed by atoms with E-state index >= 15 is 0 Å². The fourth-order valence-corrected chi connectivity index (χ4v) is 2.38. The van der Waals surface area contributed by atoms with Crippen molar-refractivity contribution in [2.75, 3.05) is 6.54 Å². The molecular weight excluding hydrogens is 260 g/mol. The summed E-state index contributed by atoms with van der Waals surface area (Å²) in [6.45, 7) is 0.570. The summed E-state index contributed by atoms with van der Waals surface area (Å²) in [6, 6.07) is 10.3. The minimum Gasteiger partial charge on any atom is -0.488 e. The number of halogens is 1. The molecule has 0 amide bonds. The van der Waals surface area contributed by atoms with Crippen LogP contribution in [0.4, 0.5) is 0 Å². The van der Waals surface area contributed by atoms with E-state index in [1.807, 2.05) is 12.3 Å². The van der Waals surface area contributed by atoms with Gasteiger partial charge in [0, 0.05) is 30.1 Å². The maximum atomic E-state index is 6.01. The van der Waals surface area contributed by atoms with Crippen molar-refractivity contribution < 1.29 is 4.74 Å². The second-order valence-corrected chi connectivity index (χ2v) is 4.55. The molecule has 1 atom stereocenters. The van der Waals surface area contributed by atoms with E-state index in [1.165, 1.54) is 5.56 Å². The van der Waals surface area contributed by atoms with E-state index in [4.69, 9.17) is 10.5 Å². The Bertz CT molecular complexity index is 545. The third kappa shape index (κ3) is 2.72. The summed E-state index contributed by atoms with van der Waals surface area (Å²) in [5.74, 6) is 0.979. The Morgan fingerprint density at radius 3 is 2.89 bits per heavy atom. The minimum atomic E-state index is 0. The predicted octanol–water partition coefficient (Wildman–Crippen LogP) is 2.82. The van der Waals surface area contributed by atoms with Crippen LogP contribution in [0, 0.1) is 0 Å². The average Bonchev–Trinajstić information content (AvgIpc) is 2.47. The number of hydrogen-bond acceptors (Lipinski definition) is 3. The van der Waals surface area contributed by atoms with Gasteiger partial charge in [-0.3, -0.25) is 4.98 Å². The highest BCUT2D eigenvalue weighted by Gasteiger charge is 2.21. The number of aromatic nitrogens is 1. The topological polar surface area (TPSA) is 48.1 Å². The molecule has 100 valence electrons. The van der Waals surface area contributed by atoms with Gasteiger partial charge < -0.3 is 10.5 Å². The fraction of sp³-hybridized carbons (Fsp3) is 0.267. The van der Waals surface area contributed by atoms with Crippen molar-refractivity contribution in [3.63, 3.8) is 0 Å². The molecule has 3 nitrogen and oxygen atoms in total. The molecule has 2 N–H and O–H groups in total. The largest absolute Gasteiger partial charge is 0.488 e. The van der Waals surface area contributed by atoms with Gasteiger partial charge in [0.2, 0.25) is 0 Å². The van der Waals surface area contributed by atoms with Crippen LogP contribution in [-0.2, 0) is 6.42 Å². The number of fused-ring (bicyclic) bond motifs is 1. The number of aryl methyl sites for hydroxylation is 1. The summed E-state index contributed by atoms with van der Waals surface area (Å²) >= 11 is 0. The van der Waals surface area contributed by atoms with Crippen molar-refractivity contribution in [3.8, 4) is 16.9 Å². The molecule has 4 heteroatoms. The quantitative estimate of drug-likeness (QED) is 0.918. The molecule has 0 saturated carbocycles. The second kappa shape index (κ2) is 6.04. The van der Waals surface area contributed by atoms with Gasteiger partial charge in [0.15, 0.2) is 0 Å². The lowest BCUT2D eigenvalue weighted by Gasteiger charge is -2.27. The van der Waals surface area contributed by atoms with E-state index in [0.29, 0.717) is 6.54 Å². The summed E-state index contributed by atoms with van der Waals surface area (Å²) in [4.78, 5) is 4.17. The number of benzene rings is 1. The number of rotatable bonds is 2. The van der Waals surface area contributed by atoms with Gasteiger partial charge in [0.05, 0.1) is 0 Å². The standard InChI is InChI=1S/C15H16N2O.ClH/c16-9-13-7-6-11-3-1-5-14(15(11)18-13)12-4-2-8-17-10-12;/h1-5,8,10,13H,6-7,9,16H2;1H/t13-;/m0./s1. The molecule has 1 aromatic heterocycles. The Morgan fingerprint density at radius 2 is 2.16 bits per heavy atom. The molecule has 1 aromatic carbocycles. The third-order valence-electron chi connectivity index (χ3n) is 3.35. The summed E-state index contributed by atoms with van der Waals surface area (Å²) in [7, 11) is 0. The normalized spacial score (nSPS) is 17.0. The second-order valence-electron chi connectivity index (χ2n) is 4.55. The zero-order valence-corrected chi connectivity index (χ0v) is 11.4. The van der Waals surface area contributed by atoms with E-state index < -0.39 is 0 Å². The van der Waals surface area contributed by atoms with Gasteiger partial charge in [-0.15, -0.1) is 12.4 Å². The molecule has 0 bridgehead atoms. The first-order valence-corrected chi connectivity index (χ1v) is 6.27. The number of nitrogens with two attached hydrogens (primary N) is 1. The summed E-state index contributed by atoms with van der Waals surface area (Å²) < 4.78 is 6.01. The number of hydrogen-bond donors (Lipinski definition) is 1. The smallest absolute Gasteiger partial charge is 0.130 e. The van der Waals surface area contributed by atoms with Crippen LogP contribution >= 0.6 is 12.4 Å². The van der Waals surface area contributed by atoms with Crippen LogP contribution in [0.1, 0.15) is 12.0 Å². The fourth-order valence-electron chi connectivity index (χ4n) is 2.38. The average molecular weight is 277 g/mol. The monoisotopic (exact) mass is 276 g/mol. The van der Waals surface area contributed by atoms with Crippen molar-refractivity contribution in [2.24, 2.45) is 5.73 Å². The Balaban J connectivity index is 0.00000133. The zero-order valence-electron chi connectivity index (χ0n) is 10.6. The van der Waals surface area contributed by atoms with Crippen LogP contribution in [0.2, 0.25) is 0 Å². The molecule has 1 aliphatic heterocycles. The van der Waals surface area contributed by atoms with Crippen LogP contribution in [0.5, 0.6) is 5.75 Å². The first-order valence-electron chi connectivity index (χ1n) is 6.27. The van der Waals surface area contributed by atoms with Crippen LogP contribution in [0.3, 0.4) is 0 Å². The molecule has 0 spiro atoms. The molecule has 2 heterocycles.